The molecule has 4 aromatic heterocycles. The van der Waals surface area contributed by atoms with Crippen molar-refractivity contribution >= 4 is 189 Å². The van der Waals surface area contributed by atoms with Crippen LogP contribution in [0.15, 0.2) is 147 Å². The largest absolute Gasteiger partial charge is 0.494 e. The van der Waals surface area contributed by atoms with Crippen LogP contribution in [0.1, 0.15) is 285 Å². The summed E-state index contributed by atoms with van der Waals surface area (Å²) in [4.78, 5) is 2.41. The molecule has 2 fully saturated rings. The van der Waals surface area contributed by atoms with Crippen molar-refractivity contribution in [3.63, 3.8) is 0 Å². The molecule has 6 aromatic carbocycles. The van der Waals surface area contributed by atoms with Gasteiger partial charge < -0.3 is 18.6 Å². The minimum atomic E-state index is -0.370. The molecule has 4 aliphatic rings. The van der Waals surface area contributed by atoms with Crippen LogP contribution in [-0.4, -0.2) is 54.1 Å². The lowest BCUT2D eigenvalue weighted by Gasteiger charge is -2.33. The summed E-state index contributed by atoms with van der Waals surface area (Å²) >= 11 is 27.3. The molecule has 8 nitrogen and oxygen atoms in total. The number of hydrogen-bond acceptors (Lipinski definition) is 12. The zero-order valence-electron chi connectivity index (χ0n) is 66.8. The highest BCUT2D eigenvalue weighted by Gasteiger charge is 2.55. The first-order chi connectivity index (χ1) is 52.8. The maximum absolute atomic E-state index is 6.60. The SMILES string of the molecule is Brc1ccc(-c2ccc(-c3ccc(Br)s3)c3nsnc23)s1.Brc1ccc(Br)c2nsnc12.CCCCCCCCC1(CCCCCCCC)c2cc(B3OC(C)(C)C(C)(C)O3)ccc2-c2ccc(B3OC(C)(C)C(C)(C)O3)cc21.CCCCCCCCC1(CCCCCCCC)c2cc(Br)ccc2-c2ccc(Br)cc21. The summed E-state index contributed by atoms with van der Waals surface area (Å²) in [5.74, 6) is 0. The van der Waals surface area contributed by atoms with Gasteiger partial charge in [-0.2, -0.15) is 17.5 Å². The van der Waals surface area contributed by atoms with E-state index in [0.717, 1.165) is 73.5 Å². The highest BCUT2D eigenvalue weighted by molar-refractivity contribution is 9.11. The minimum Gasteiger partial charge on any atom is -0.399 e. The topological polar surface area (TPSA) is 88.5 Å². The number of rotatable bonds is 32. The molecular weight excluding hydrogens is 1830 g/mol. The van der Waals surface area contributed by atoms with Gasteiger partial charge in [0.15, 0.2) is 0 Å². The second-order valence-corrected chi connectivity index (χ2v) is 42.2. The lowest BCUT2D eigenvalue weighted by Crippen LogP contribution is -2.41. The third kappa shape index (κ3) is 20.7. The van der Waals surface area contributed by atoms with Gasteiger partial charge >= 0.3 is 14.2 Å². The van der Waals surface area contributed by atoms with Gasteiger partial charge in [-0.15, -0.1) is 22.7 Å². The van der Waals surface area contributed by atoms with Crippen molar-refractivity contribution in [2.75, 3.05) is 0 Å². The van der Waals surface area contributed by atoms with Crippen LogP contribution in [0.4, 0.5) is 0 Å². The molecular formula is C90H112B2Br6N4O4S4. The van der Waals surface area contributed by atoms with Crippen molar-refractivity contribution in [3.8, 4) is 43.1 Å². The smallest absolute Gasteiger partial charge is 0.399 e. The van der Waals surface area contributed by atoms with Crippen molar-refractivity contribution in [1.82, 2.24) is 17.5 Å². The standard InChI is InChI=1S/C41H64B2O4.C29H40Br2.C14H6Br2N2S3.C6H2Br2N2S/c1-11-13-15-17-19-21-27-41(28-22-20-18-16-14-12-2)35-29-31(42-44-37(3,4)38(5,6)45-42)23-25-33(35)34-26-24-32(30-36(34)41)43-46-39(7,8)40(9,10)47-43;1-3-5-7-9-11-13-19-29(20-14-12-10-8-6-4-2)27-21-23(30)15-17-25(27)26-18-16-24(31)22-28(26)29;15-11-5-3-9(19-11)7-1-2-8(10-4-6-12(16)20-10)14-13(7)17-21-18-14;7-3-1-2-4(8)6-5(3)9-11-10-6/h23-26,29-30H,11-22,27-28H2,1-10H3;15-18,21-22H,3-14,19-20H2,1-2H3;1-6H;1-2H. The maximum Gasteiger partial charge on any atom is 0.494 e. The molecule has 0 bridgehead atoms. The second kappa shape index (κ2) is 40.1. The van der Waals surface area contributed by atoms with Gasteiger partial charge in [0.05, 0.1) is 53.4 Å². The van der Waals surface area contributed by atoms with Gasteiger partial charge in [0.2, 0.25) is 0 Å². The van der Waals surface area contributed by atoms with Crippen LogP contribution >= 0.6 is 142 Å². The summed E-state index contributed by atoms with van der Waals surface area (Å²) in [6.45, 7) is 26.4. The summed E-state index contributed by atoms with van der Waals surface area (Å²) in [7, 11) is -0.731. The van der Waals surface area contributed by atoms with E-state index in [9.17, 15) is 0 Å². The molecule has 588 valence electrons. The number of halogens is 6. The van der Waals surface area contributed by atoms with Crippen molar-refractivity contribution in [1.29, 1.82) is 0 Å². The van der Waals surface area contributed by atoms with E-state index in [1.165, 1.54) is 242 Å². The van der Waals surface area contributed by atoms with Crippen LogP contribution in [0.5, 0.6) is 0 Å². The van der Waals surface area contributed by atoms with E-state index in [2.05, 4.69) is 305 Å². The Hall–Kier alpha value is -2.79. The Balaban J connectivity index is 0.000000162. The molecule has 20 heteroatoms. The number of aromatic nitrogens is 4. The fraction of sp³-hybridized carbons (Fsp3) is 0.511. The van der Waals surface area contributed by atoms with Crippen molar-refractivity contribution in [3.05, 3.63) is 169 Å². The zero-order valence-corrected chi connectivity index (χ0v) is 79.6. The summed E-state index contributed by atoms with van der Waals surface area (Å²) in [6.07, 6.45) is 36.9. The van der Waals surface area contributed by atoms with E-state index in [1.54, 1.807) is 33.8 Å². The number of thiophene rings is 2. The van der Waals surface area contributed by atoms with E-state index >= 15 is 0 Å². The van der Waals surface area contributed by atoms with Crippen LogP contribution in [0.25, 0.3) is 65.2 Å². The van der Waals surface area contributed by atoms with Gasteiger partial charge in [-0.05, 0) is 261 Å². The Bertz CT molecular complexity index is 4350. The molecule has 2 aliphatic carbocycles. The first kappa shape index (κ1) is 88.0. The molecule has 10 aromatic rings. The molecule has 0 spiro atoms. The Morgan fingerprint density at radius 1 is 0.300 bits per heavy atom. The number of nitrogens with zero attached hydrogens (tertiary/aromatic N) is 4. The molecule has 14 rings (SSSR count). The Labute approximate surface area is 725 Å². The summed E-state index contributed by atoms with van der Waals surface area (Å²) in [5.41, 5.74) is 18.7. The van der Waals surface area contributed by atoms with Crippen molar-refractivity contribution < 1.29 is 18.6 Å². The molecule has 2 aliphatic heterocycles. The zero-order chi connectivity index (χ0) is 78.4. The van der Waals surface area contributed by atoms with Gasteiger partial charge in [-0.1, -0.05) is 274 Å². The Morgan fingerprint density at radius 3 is 0.873 bits per heavy atom. The van der Waals surface area contributed by atoms with E-state index in [1.807, 2.05) is 12.1 Å². The molecule has 0 radical (unpaired) electrons. The highest BCUT2D eigenvalue weighted by atomic mass is 79.9. The molecule has 2 saturated heterocycles. The first-order valence-electron chi connectivity index (χ1n) is 40.7. The summed E-state index contributed by atoms with van der Waals surface area (Å²) in [5, 5.41) is 0. The first-order valence-corrected chi connectivity index (χ1v) is 48.6. The van der Waals surface area contributed by atoms with Gasteiger partial charge in [-0.25, -0.2) is 0 Å². The van der Waals surface area contributed by atoms with Crippen LogP contribution in [0.3, 0.4) is 0 Å². The normalized spacial score (nSPS) is 16.3. The maximum atomic E-state index is 6.60. The van der Waals surface area contributed by atoms with E-state index in [0.29, 0.717) is 0 Å². The molecule has 0 N–H and O–H groups in total. The summed E-state index contributed by atoms with van der Waals surface area (Å²) in [6, 6.07) is 44.7. The fourth-order valence-electron chi connectivity index (χ4n) is 16.4. The van der Waals surface area contributed by atoms with Crippen LogP contribution < -0.4 is 10.9 Å². The number of benzene rings is 6. The van der Waals surface area contributed by atoms with Crippen molar-refractivity contribution in [2.45, 2.75) is 296 Å². The number of unbranched alkanes of at least 4 members (excludes halogenated alkanes) is 20. The van der Waals surface area contributed by atoms with Crippen LogP contribution in [0.2, 0.25) is 0 Å². The quantitative estimate of drug-likeness (QED) is 0.0304. The number of hydrogen-bond donors (Lipinski definition) is 0. The minimum absolute atomic E-state index is 0.0561. The predicted octanol–water partition coefficient (Wildman–Crippen LogP) is 30.9. The summed E-state index contributed by atoms with van der Waals surface area (Å²) < 4.78 is 50.3. The van der Waals surface area contributed by atoms with Crippen LogP contribution in [0, 0.1) is 0 Å². The van der Waals surface area contributed by atoms with E-state index in [4.69, 9.17) is 18.6 Å². The van der Waals surface area contributed by atoms with Crippen LogP contribution in [-0.2, 0) is 29.4 Å². The lowest BCUT2D eigenvalue weighted by molar-refractivity contribution is 0.00578. The van der Waals surface area contributed by atoms with E-state index in [-0.39, 0.29) is 47.5 Å². The molecule has 6 heterocycles. The van der Waals surface area contributed by atoms with Crippen molar-refractivity contribution in [2.24, 2.45) is 0 Å². The molecule has 0 atom stereocenters. The van der Waals surface area contributed by atoms with E-state index < -0.39 is 0 Å². The Morgan fingerprint density at radius 2 is 0.573 bits per heavy atom. The average molecular weight is 1940 g/mol. The number of fused-ring (bicyclic) bond motifs is 8. The fourth-order valence-corrected chi connectivity index (χ4v) is 22.1. The average Bonchev–Trinajstić information content (AvgIpc) is 1.56. The molecule has 0 amide bonds. The second-order valence-electron chi connectivity index (χ2n) is 32.7. The van der Waals surface area contributed by atoms with Gasteiger partial charge in [-0.3, -0.25) is 0 Å². The third-order valence-electron chi connectivity index (χ3n) is 24.0. The molecule has 110 heavy (non-hydrogen) atoms. The van der Waals surface area contributed by atoms with Gasteiger partial charge in [0.1, 0.15) is 22.1 Å². The predicted molar refractivity (Wildman–Crippen MR) is 496 cm³/mol. The van der Waals surface area contributed by atoms with Gasteiger partial charge in [0, 0.05) is 49.6 Å². The molecule has 0 unspecified atom stereocenters. The Kier molecular flexibility index (Phi) is 32.1. The highest BCUT2D eigenvalue weighted by Crippen LogP contribution is 2.57. The van der Waals surface area contributed by atoms with Gasteiger partial charge in [0.25, 0.3) is 0 Å². The third-order valence-corrected chi connectivity index (χ3v) is 30.6. The monoisotopic (exact) mass is 1940 g/mol. The lowest BCUT2D eigenvalue weighted by atomic mass is 9.67. The molecule has 0 saturated carbocycles.